The maximum atomic E-state index is 12.3. The van der Waals surface area contributed by atoms with Crippen LogP contribution in [-0.2, 0) is 14.8 Å². The van der Waals surface area contributed by atoms with Crippen molar-refractivity contribution in [3.05, 3.63) is 54.1 Å². The first-order valence-corrected chi connectivity index (χ1v) is 10.1. The Labute approximate surface area is 146 Å². The van der Waals surface area contributed by atoms with Gasteiger partial charge in [0.15, 0.2) is 0 Å². The first-order chi connectivity index (χ1) is 11.3. The molecule has 2 aromatic carbocycles. The fourth-order valence-corrected chi connectivity index (χ4v) is 3.69. The van der Waals surface area contributed by atoms with E-state index in [4.69, 9.17) is 0 Å². The molecule has 0 heterocycles. The molecular weight excluding hydrogens is 344 g/mol. The lowest BCUT2D eigenvalue weighted by Crippen LogP contribution is -2.41. The van der Waals surface area contributed by atoms with Crippen molar-refractivity contribution in [2.75, 3.05) is 11.6 Å². The van der Waals surface area contributed by atoms with E-state index in [-0.39, 0.29) is 4.90 Å². The van der Waals surface area contributed by atoms with Crippen LogP contribution in [0, 0.1) is 6.92 Å². The van der Waals surface area contributed by atoms with E-state index in [2.05, 4.69) is 10.0 Å². The Bertz CT molecular complexity index is 818. The number of sulfonamides is 1. The Morgan fingerprint density at radius 3 is 2.42 bits per heavy atom. The van der Waals surface area contributed by atoms with Gasteiger partial charge in [-0.3, -0.25) is 4.79 Å². The van der Waals surface area contributed by atoms with E-state index >= 15 is 0 Å². The van der Waals surface area contributed by atoms with Gasteiger partial charge in [0.2, 0.25) is 15.9 Å². The summed E-state index contributed by atoms with van der Waals surface area (Å²) in [5.74, 6) is -0.413. The Kier molecular flexibility index (Phi) is 6.04. The summed E-state index contributed by atoms with van der Waals surface area (Å²) in [6.45, 7) is 3.39. The molecule has 0 aliphatic heterocycles. The number of amides is 1. The Morgan fingerprint density at radius 2 is 1.79 bits per heavy atom. The number of hydrogen-bond donors (Lipinski definition) is 2. The molecule has 5 nitrogen and oxygen atoms in total. The molecule has 128 valence electrons. The second-order valence-electron chi connectivity index (χ2n) is 5.38. The molecule has 2 N–H and O–H groups in total. The fraction of sp³-hybridized carbons (Fsp3) is 0.235. The summed E-state index contributed by atoms with van der Waals surface area (Å²) in [4.78, 5) is 13.4. The number of aryl methyl sites for hydroxylation is 1. The number of nitrogens with one attached hydrogen (secondary N) is 2. The summed E-state index contributed by atoms with van der Waals surface area (Å²) in [6.07, 6.45) is 1.94. The van der Waals surface area contributed by atoms with Gasteiger partial charge in [-0.2, -0.15) is 4.72 Å². The maximum Gasteiger partial charge on any atom is 0.242 e. The van der Waals surface area contributed by atoms with Crippen molar-refractivity contribution in [1.29, 1.82) is 0 Å². The Balaban J connectivity index is 2.06. The number of carbonyl (C=O) groups excluding carboxylic acids is 1. The average molecular weight is 364 g/mol. The molecule has 2 aromatic rings. The topological polar surface area (TPSA) is 75.3 Å². The predicted octanol–water partition coefficient (Wildman–Crippen LogP) is 3.02. The molecule has 0 saturated heterocycles. The molecule has 0 fully saturated rings. The molecule has 0 aliphatic carbocycles. The molecule has 2 rings (SSSR count). The number of thioether (sulfide) groups is 1. The molecule has 7 heteroatoms. The number of hydrogen-bond acceptors (Lipinski definition) is 4. The summed E-state index contributed by atoms with van der Waals surface area (Å²) >= 11 is 1.56. The number of benzene rings is 2. The summed E-state index contributed by atoms with van der Waals surface area (Å²) in [5, 5.41) is 2.72. The normalized spacial score (nSPS) is 12.6. The standard InChI is InChI=1S/C17H20N2O3S2/c1-12-7-9-16(10-8-12)24(21,22)19-13(2)17(20)18-14-5-4-6-15(11-14)23-3/h4-11,13,19H,1-3H3,(H,18,20). The maximum absolute atomic E-state index is 12.3. The molecule has 1 atom stereocenters. The third-order valence-corrected chi connectivity index (χ3v) is 5.68. The minimum absolute atomic E-state index is 0.136. The van der Waals surface area contributed by atoms with Gasteiger partial charge in [-0.25, -0.2) is 8.42 Å². The first-order valence-electron chi connectivity index (χ1n) is 7.36. The fourth-order valence-electron chi connectivity index (χ4n) is 2.02. The lowest BCUT2D eigenvalue weighted by Gasteiger charge is -2.15. The van der Waals surface area contributed by atoms with Gasteiger partial charge in [-0.15, -0.1) is 11.8 Å². The van der Waals surface area contributed by atoms with Crippen molar-refractivity contribution < 1.29 is 13.2 Å². The van der Waals surface area contributed by atoms with Crippen LogP contribution in [0.25, 0.3) is 0 Å². The van der Waals surface area contributed by atoms with Crippen LogP contribution in [0.3, 0.4) is 0 Å². The zero-order valence-corrected chi connectivity index (χ0v) is 15.4. The minimum atomic E-state index is -3.74. The second kappa shape index (κ2) is 7.83. The van der Waals surface area contributed by atoms with E-state index in [0.29, 0.717) is 5.69 Å². The Morgan fingerprint density at radius 1 is 1.12 bits per heavy atom. The Hall–Kier alpha value is -1.83. The molecule has 0 bridgehead atoms. The van der Waals surface area contributed by atoms with Gasteiger partial charge >= 0.3 is 0 Å². The third kappa shape index (κ3) is 4.83. The first kappa shape index (κ1) is 18.5. The number of anilines is 1. The molecule has 0 aliphatic rings. The average Bonchev–Trinajstić information content (AvgIpc) is 2.55. The van der Waals surface area contributed by atoms with Crippen LogP contribution in [-0.4, -0.2) is 26.6 Å². The highest BCUT2D eigenvalue weighted by molar-refractivity contribution is 7.98. The van der Waals surface area contributed by atoms with E-state index in [1.54, 1.807) is 30.0 Å². The van der Waals surface area contributed by atoms with E-state index in [1.165, 1.54) is 19.1 Å². The summed E-state index contributed by atoms with van der Waals surface area (Å²) in [5.41, 5.74) is 1.60. The van der Waals surface area contributed by atoms with Gasteiger partial charge in [0.25, 0.3) is 0 Å². The van der Waals surface area contributed by atoms with Crippen molar-refractivity contribution in [3.63, 3.8) is 0 Å². The third-order valence-electron chi connectivity index (χ3n) is 3.39. The van der Waals surface area contributed by atoms with Crippen molar-refractivity contribution in [3.8, 4) is 0 Å². The van der Waals surface area contributed by atoms with E-state index < -0.39 is 22.0 Å². The quantitative estimate of drug-likeness (QED) is 0.773. The van der Waals surface area contributed by atoms with Crippen LogP contribution in [0.2, 0.25) is 0 Å². The summed E-state index contributed by atoms with van der Waals surface area (Å²) in [6, 6.07) is 12.9. The SMILES string of the molecule is CSc1cccc(NC(=O)C(C)NS(=O)(=O)c2ccc(C)cc2)c1. The van der Waals surface area contributed by atoms with Crippen LogP contribution >= 0.6 is 11.8 Å². The molecule has 0 saturated carbocycles. The second-order valence-corrected chi connectivity index (χ2v) is 7.97. The van der Waals surface area contributed by atoms with E-state index in [1.807, 2.05) is 31.4 Å². The molecule has 0 aromatic heterocycles. The summed E-state index contributed by atoms with van der Waals surface area (Å²) in [7, 11) is -3.74. The molecule has 24 heavy (non-hydrogen) atoms. The van der Waals surface area contributed by atoms with Crippen LogP contribution < -0.4 is 10.0 Å². The monoisotopic (exact) mass is 364 g/mol. The van der Waals surface area contributed by atoms with Gasteiger partial charge in [-0.1, -0.05) is 23.8 Å². The highest BCUT2D eigenvalue weighted by Gasteiger charge is 2.22. The highest BCUT2D eigenvalue weighted by atomic mass is 32.2. The number of rotatable bonds is 6. The van der Waals surface area contributed by atoms with Gasteiger partial charge in [0.05, 0.1) is 10.9 Å². The van der Waals surface area contributed by atoms with Gasteiger partial charge < -0.3 is 5.32 Å². The summed E-state index contributed by atoms with van der Waals surface area (Å²) < 4.78 is 27.0. The van der Waals surface area contributed by atoms with Crippen LogP contribution in [0.5, 0.6) is 0 Å². The minimum Gasteiger partial charge on any atom is -0.325 e. The van der Waals surface area contributed by atoms with Crippen LogP contribution in [0.1, 0.15) is 12.5 Å². The lowest BCUT2D eigenvalue weighted by molar-refractivity contribution is -0.117. The van der Waals surface area contributed by atoms with Crippen LogP contribution in [0.15, 0.2) is 58.3 Å². The van der Waals surface area contributed by atoms with Gasteiger partial charge in [-0.05, 0) is 50.4 Å². The smallest absolute Gasteiger partial charge is 0.242 e. The van der Waals surface area contributed by atoms with Crippen molar-refractivity contribution in [2.24, 2.45) is 0 Å². The zero-order chi connectivity index (χ0) is 17.7. The highest BCUT2D eigenvalue weighted by Crippen LogP contribution is 2.19. The van der Waals surface area contributed by atoms with E-state index in [0.717, 1.165) is 10.5 Å². The molecule has 0 spiro atoms. The molecule has 0 radical (unpaired) electrons. The zero-order valence-electron chi connectivity index (χ0n) is 13.7. The van der Waals surface area contributed by atoms with Crippen molar-refractivity contribution >= 4 is 33.4 Å². The largest absolute Gasteiger partial charge is 0.325 e. The lowest BCUT2D eigenvalue weighted by atomic mass is 10.2. The van der Waals surface area contributed by atoms with Crippen molar-refractivity contribution in [1.82, 2.24) is 4.72 Å². The van der Waals surface area contributed by atoms with Crippen molar-refractivity contribution in [2.45, 2.75) is 29.7 Å². The van der Waals surface area contributed by atoms with Gasteiger partial charge in [0, 0.05) is 10.6 Å². The molecular formula is C17H20N2O3S2. The van der Waals surface area contributed by atoms with Gasteiger partial charge in [0.1, 0.15) is 0 Å². The number of carbonyl (C=O) groups is 1. The predicted molar refractivity (Wildman–Crippen MR) is 97.8 cm³/mol. The van der Waals surface area contributed by atoms with E-state index in [9.17, 15) is 13.2 Å². The molecule has 1 unspecified atom stereocenters. The van der Waals surface area contributed by atoms with Crippen LogP contribution in [0.4, 0.5) is 5.69 Å². The molecule has 1 amide bonds.